The first kappa shape index (κ1) is 41.4. The van der Waals surface area contributed by atoms with Gasteiger partial charge in [-0.25, -0.2) is 0 Å². The van der Waals surface area contributed by atoms with Gasteiger partial charge >= 0.3 is 0 Å². The number of ether oxygens (including phenoxy) is 3. The van der Waals surface area contributed by atoms with E-state index >= 15 is 0 Å². The van der Waals surface area contributed by atoms with Crippen molar-refractivity contribution in [3.8, 4) is 22.6 Å². The zero-order valence-electron chi connectivity index (χ0n) is 34.5. The standard InChI is InChI=1S/C50H59NO7/c1-34-10-8-25-49(2)44(24-26-50(49,55)33-51(32-41-13-9-27-58-41)47(53)31-36-16-23-45(56-3)46(30-36)57-4)42-22-15-35(28-40(52)21-14-34)29-43(42)48(54)39-19-17-38(18-20-39)37-11-6-5-7-12-37/h5-7,10-12,15-20,22-23,29-30,40-41,44,52,55H,8-9,13-14,21,24-28,31-33H2,1-4H3. The summed E-state index contributed by atoms with van der Waals surface area (Å²) in [6.45, 7) is 5.50. The predicted octanol–water partition coefficient (Wildman–Crippen LogP) is 8.89. The summed E-state index contributed by atoms with van der Waals surface area (Å²) in [5, 5.41) is 24.3. The highest BCUT2D eigenvalue weighted by molar-refractivity contribution is 6.10. The molecular formula is C50H59NO7. The number of carbonyl (C=O) groups is 2. The number of nitrogens with zero attached hydrogens (tertiary/aromatic N) is 1. The molecule has 4 aromatic carbocycles. The van der Waals surface area contributed by atoms with Crippen LogP contribution in [0, 0.1) is 5.41 Å². The molecule has 8 nitrogen and oxygen atoms in total. The van der Waals surface area contributed by atoms with Gasteiger partial charge in [-0.15, -0.1) is 0 Å². The van der Waals surface area contributed by atoms with Crippen molar-refractivity contribution in [2.24, 2.45) is 5.41 Å². The minimum absolute atomic E-state index is 0.0725. The molecule has 8 heteroatoms. The van der Waals surface area contributed by atoms with Crippen LogP contribution in [-0.2, 0) is 22.4 Å². The Morgan fingerprint density at radius 1 is 0.879 bits per heavy atom. The Kier molecular flexibility index (Phi) is 12.9. The van der Waals surface area contributed by atoms with Gasteiger partial charge in [-0.3, -0.25) is 9.59 Å². The molecule has 8 rings (SSSR count). The summed E-state index contributed by atoms with van der Waals surface area (Å²) in [7, 11) is 3.17. The third-order valence-corrected chi connectivity index (χ3v) is 13.2. The number of aliphatic hydroxyl groups is 2. The molecule has 0 aromatic heterocycles. The lowest BCUT2D eigenvalue weighted by molar-refractivity contribution is -0.141. The maximum absolute atomic E-state index is 14.7. The second-order valence-corrected chi connectivity index (χ2v) is 17.0. The minimum Gasteiger partial charge on any atom is -0.493 e. The average Bonchev–Trinajstić information content (AvgIpc) is 3.84. The van der Waals surface area contributed by atoms with Gasteiger partial charge in [-0.2, -0.15) is 0 Å². The molecule has 1 heterocycles. The van der Waals surface area contributed by atoms with Crippen LogP contribution >= 0.6 is 0 Å². The monoisotopic (exact) mass is 785 g/mol. The summed E-state index contributed by atoms with van der Waals surface area (Å²) >= 11 is 0. The Morgan fingerprint density at radius 3 is 2.36 bits per heavy atom. The fourth-order valence-corrected chi connectivity index (χ4v) is 9.68. The van der Waals surface area contributed by atoms with Crippen molar-refractivity contribution in [2.45, 2.75) is 102 Å². The van der Waals surface area contributed by atoms with Gasteiger partial charge in [-0.05, 0) is 117 Å². The fraction of sp³-hybridized carbons (Fsp3) is 0.440. The zero-order chi connectivity index (χ0) is 40.9. The molecule has 1 aliphatic heterocycles. The maximum atomic E-state index is 14.7. The van der Waals surface area contributed by atoms with Crippen LogP contribution in [0.5, 0.6) is 11.5 Å². The topological polar surface area (TPSA) is 106 Å². The molecule has 0 spiro atoms. The van der Waals surface area contributed by atoms with Crippen LogP contribution in [0.25, 0.3) is 11.1 Å². The first-order valence-corrected chi connectivity index (χ1v) is 21.0. The van der Waals surface area contributed by atoms with E-state index in [0.717, 1.165) is 53.5 Å². The summed E-state index contributed by atoms with van der Waals surface area (Å²) in [6, 6.07) is 29.6. The van der Waals surface area contributed by atoms with Crippen LogP contribution < -0.4 is 9.47 Å². The highest BCUT2D eigenvalue weighted by atomic mass is 16.5. The highest BCUT2D eigenvalue weighted by Crippen LogP contribution is 2.59. The molecule has 5 atom stereocenters. The van der Waals surface area contributed by atoms with Crippen molar-refractivity contribution in [1.82, 2.24) is 4.90 Å². The molecule has 2 fully saturated rings. The van der Waals surface area contributed by atoms with E-state index in [1.165, 1.54) is 5.57 Å². The van der Waals surface area contributed by atoms with E-state index in [4.69, 9.17) is 14.2 Å². The van der Waals surface area contributed by atoms with E-state index in [-0.39, 0.29) is 36.7 Å². The third-order valence-electron chi connectivity index (χ3n) is 13.2. The number of ketones is 1. The van der Waals surface area contributed by atoms with Gasteiger partial charge in [0.15, 0.2) is 17.3 Å². The Balaban J connectivity index is 1.25. The number of hydrogen-bond acceptors (Lipinski definition) is 7. The van der Waals surface area contributed by atoms with Crippen LogP contribution in [0.15, 0.2) is 103 Å². The maximum Gasteiger partial charge on any atom is 0.227 e. The number of carbonyl (C=O) groups excluding carboxylic acids is 2. The number of hydrogen-bond donors (Lipinski definition) is 2. The molecule has 0 radical (unpaired) electrons. The quantitative estimate of drug-likeness (QED) is 0.116. The Bertz CT molecular complexity index is 2090. The number of aliphatic hydroxyl groups excluding tert-OH is 1. The first-order valence-electron chi connectivity index (χ1n) is 21.0. The van der Waals surface area contributed by atoms with E-state index in [9.17, 15) is 19.8 Å². The third kappa shape index (κ3) is 8.95. The lowest BCUT2D eigenvalue weighted by Gasteiger charge is -2.46. The molecule has 1 amide bonds. The SMILES string of the molecule is COc1ccc(CC(=O)N(CC2CCCO2)CC2(O)CCC3c4ccc(cc4C(=O)c4ccc(-c5ccccc5)cc4)CC(O)CCC(C)=CCCC32C)cc1OC. The molecule has 3 aliphatic carbocycles. The second kappa shape index (κ2) is 18.0. The van der Waals surface area contributed by atoms with Crippen LogP contribution in [0.2, 0.25) is 0 Å². The summed E-state index contributed by atoms with van der Waals surface area (Å²) in [4.78, 5) is 31.0. The lowest BCUT2D eigenvalue weighted by Crippen LogP contribution is -2.55. The van der Waals surface area contributed by atoms with E-state index in [1.54, 1.807) is 14.2 Å². The first-order chi connectivity index (χ1) is 28.0. The van der Waals surface area contributed by atoms with E-state index in [1.807, 2.05) is 71.6 Å². The molecule has 2 bridgehead atoms. The Hall–Kier alpha value is -4.76. The highest BCUT2D eigenvalue weighted by Gasteiger charge is 2.57. The summed E-state index contributed by atoms with van der Waals surface area (Å²) in [5.74, 6) is 0.832. The summed E-state index contributed by atoms with van der Waals surface area (Å²) in [6.07, 6.45) is 7.92. The fourth-order valence-electron chi connectivity index (χ4n) is 9.68. The van der Waals surface area contributed by atoms with Gasteiger partial charge in [0.25, 0.3) is 0 Å². The molecule has 306 valence electrons. The summed E-state index contributed by atoms with van der Waals surface area (Å²) in [5.41, 5.74) is 5.21. The Morgan fingerprint density at radius 2 is 1.64 bits per heavy atom. The predicted molar refractivity (Wildman–Crippen MR) is 228 cm³/mol. The van der Waals surface area contributed by atoms with Gasteiger partial charge in [0.2, 0.25) is 5.91 Å². The number of methoxy groups -OCH3 is 2. The van der Waals surface area contributed by atoms with Gasteiger partial charge in [0.1, 0.15) is 0 Å². The van der Waals surface area contributed by atoms with E-state index in [0.29, 0.717) is 67.9 Å². The van der Waals surface area contributed by atoms with Crippen LogP contribution in [-0.4, -0.2) is 78.5 Å². The molecular weight excluding hydrogens is 727 g/mol. The lowest BCUT2D eigenvalue weighted by atomic mass is 9.64. The van der Waals surface area contributed by atoms with Crippen molar-refractivity contribution in [2.75, 3.05) is 33.9 Å². The molecule has 1 saturated carbocycles. The number of allylic oxidation sites excluding steroid dienone is 2. The van der Waals surface area contributed by atoms with E-state index < -0.39 is 17.1 Å². The van der Waals surface area contributed by atoms with Crippen molar-refractivity contribution in [3.63, 3.8) is 0 Å². The second-order valence-electron chi connectivity index (χ2n) is 17.0. The summed E-state index contributed by atoms with van der Waals surface area (Å²) < 4.78 is 17.1. The number of fused-ring (bicyclic) bond motifs is 8. The number of benzene rings is 4. The molecule has 58 heavy (non-hydrogen) atoms. The molecule has 1 saturated heterocycles. The Labute approximate surface area is 343 Å². The van der Waals surface area contributed by atoms with Crippen LogP contribution in [0.4, 0.5) is 0 Å². The number of amides is 1. The van der Waals surface area contributed by atoms with Crippen molar-refractivity contribution >= 4 is 11.7 Å². The average molecular weight is 786 g/mol. The molecule has 5 unspecified atom stereocenters. The van der Waals surface area contributed by atoms with Gasteiger partial charge < -0.3 is 29.3 Å². The molecule has 2 N–H and O–H groups in total. The largest absolute Gasteiger partial charge is 0.493 e. The number of rotatable bonds is 11. The van der Waals surface area contributed by atoms with Crippen LogP contribution in [0.1, 0.15) is 104 Å². The van der Waals surface area contributed by atoms with Crippen LogP contribution in [0.3, 0.4) is 0 Å². The molecule has 4 aliphatic rings. The smallest absolute Gasteiger partial charge is 0.227 e. The minimum atomic E-state index is -1.26. The van der Waals surface area contributed by atoms with Gasteiger partial charge in [0, 0.05) is 29.7 Å². The molecule has 4 aromatic rings. The van der Waals surface area contributed by atoms with Crippen molar-refractivity contribution in [1.29, 1.82) is 0 Å². The van der Waals surface area contributed by atoms with Crippen molar-refractivity contribution in [3.05, 3.63) is 130 Å². The van der Waals surface area contributed by atoms with Crippen molar-refractivity contribution < 1.29 is 34.0 Å². The van der Waals surface area contributed by atoms with E-state index in [2.05, 4.69) is 44.2 Å². The normalized spacial score (nSPS) is 24.7. The van der Waals surface area contributed by atoms with Gasteiger partial charge in [-0.1, -0.05) is 91.4 Å². The zero-order valence-corrected chi connectivity index (χ0v) is 34.5. The van der Waals surface area contributed by atoms with Gasteiger partial charge in [0.05, 0.1) is 45.0 Å².